The molecule has 2 aromatic carbocycles. The summed E-state index contributed by atoms with van der Waals surface area (Å²) in [5.41, 5.74) is 0.590. The van der Waals surface area contributed by atoms with Gasteiger partial charge >= 0.3 is 0 Å². The number of hydrogen-bond acceptors (Lipinski definition) is 4. The lowest BCUT2D eigenvalue weighted by Crippen LogP contribution is -2.42. The fourth-order valence-electron chi connectivity index (χ4n) is 4.04. The largest absolute Gasteiger partial charge is 0.380 e. The van der Waals surface area contributed by atoms with E-state index in [2.05, 4.69) is 16.0 Å². The number of rotatable bonds is 4. The Balaban J connectivity index is 1.73. The molecular formula is C25H24FN3O. The third kappa shape index (κ3) is 3.18. The standard InChI is InChI=1S/C25H24FN3O/c1-23(2,3)25(30,20-13-28-16-29-14-20)21-9-6-18(12-22(21)26)17-4-7-19(8-5-17)24(15-27)10-11-24/h4-9,12-14,16,30H,10-11H2,1-3H3. The summed E-state index contributed by atoms with van der Waals surface area (Å²) in [6, 6.07) is 15.0. The number of hydrogen-bond donors (Lipinski definition) is 1. The number of nitrogens with zero attached hydrogens (tertiary/aromatic N) is 3. The molecule has 4 nitrogen and oxygen atoms in total. The third-order valence-corrected chi connectivity index (χ3v) is 6.16. The average Bonchev–Trinajstić information content (AvgIpc) is 3.54. The summed E-state index contributed by atoms with van der Waals surface area (Å²) in [5, 5.41) is 21.0. The Labute approximate surface area is 176 Å². The second-order valence-corrected chi connectivity index (χ2v) is 9.05. The Kier molecular flexibility index (Phi) is 4.71. The van der Waals surface area contributed by atoms with Crippen LogP contribution in [-0.2, 0) is 11.0 Å². The van der Waals surface area contributed by atoms with Crippen molar-refractivity contribution in [1.29, 1.82) is 5.26 Å². The monoisotopic (exact) mass is 401 g/mol. The van der Waals surface area contributed by atoms with E-state index in [4.69, 9.17) is 0 Å². The first-order chi connectivity index (χ1) is 14.2. The highest BCUT2D eigenvalue weighted by Crippen LogP contribution is 2.48. The molecule has 4 rings (SSSR count). The van der Waals surface area contributed by atoms with Crippen LogP contribution in [0.15, 0.2) is 61.2 Å². The Morgan fingerprint density at radius 1 is 1.00 bits per heavy atom. The molecule has 1 fully saturated rings. The number of aromatic nitrogens is 2. The van der Waals surface area contributed by atoms with Gasteiger partial charge in [-0.25, -0.2) is 14.4 Å². The van der Waals surface area contributed by atoms with E-state index < -0.39 is 16.8 Å². The van der Waals surface area contributed by atoms with Crippen LogP contribution in [-0.4, -0.2) is 15.1 Å². The second-order valence-electron chi connectivity index (χ2n) is 9.05. The molecule has 0 amide bonds. The summed E-state index contributed by atoms with van der Waals surface area (Å²) >= 11 is 0. The van der Waals surface area contributed by atoms with E-state index in [1.807, 2.05) is 51.1 Å². The van der Waals surface area contributed by atoms with Crippen LogP contribution in [0.3, 0.4) is 0 Å². The van der Waals surface area contributed by atoms with Gasteiger partial charge in [0.15, 0.2) is 0 Å². The van der Waals surface area contributed by atoms with Gasteiger partial charge < -0.3 is 5.11 Å². The van der Waals surface area contributed by atoms with Crippen LogP contribution >= 0.6 is 0 Å². The average molecular weight is 401 g/mol. The van der Waals surface area contributed by atoms with E-state index in [1.165, 1.54) is 24.8 Å². The van der Waals surface area contributed by atoms with Crippen molar-refractivity contribution in [1.82, 2.24) is 9.97 Å². The Hall–Kier alpha value is -3.10. The van der Waals surface area contributed by atoms with Crippen molar-refractivity contribution < 1.29 is 9.50 Å². The van der Waals surface area contributed by atoms with Crippen molar-refractivity contribution in [2.45, 2.75) is 44.6 Å². The number of aliphatic hydroxyl groups is 1. The SMILES string of the molecule is CC(C)(C)C(O)(c1cncnc1)c1ccc(-c2ccc(C3(C#N)CC3)cc2)cc1F. The molecule has 1 atom stereocenters. The summed E-state index contributed by atoms with van der Waals surface area (Å²) in [6.07, 6.45) is 6.20. The molecule has 5 heteroatoms. The minimum atomic E-state index is -1.59. The van der Waals surface area contributed by atoms with E-state index in [-0.39, 0.29) is 11.0 Å². The molecule has 1 aromatic heterocycles. The Morgan fingerprint density at radius 2 is 1.60 bits per heavy atom. The summed E-state index contributed by atoms with van der Waals surface area (Å²) in [7, 11) is 0. The van der Waals surface area contributed by atoms with Crippen LogP contribution in [0.2, 0.25) is 0 Å². The maximum absolute atomic E-state index is 15.3. The van der Waals surface area contributed by atoms with Gasteiger partial charge in [-0.1, -0.05) is 57.2 Å². The number of halogens is 1. The summed E-state index contributed by atoms with van der Waals surface area (Å²) in [5.74, 6) is -0.492. The Morgan fingerprint density at radius 3 is 2.10 bits per heavy atom. The van der Waals surface area contributed by atoms with Crippen LogP contribution in [0.25, 0.3) is 11.1 Å². The van der Waals surface area contributed by atoms with E-state index in [0.29, 0.717) is 11.1 Å². The molecule has 0 aliphatic heterocycles. The van der Waals surface area contributed by atoms with Crippen LogP contribution in [0.1, 0.15) is 50.3 Å². The molecule has 3 aromatic rings. The third-order valence-electron chi connectivity index (χ3n) is 6.16. The van der Waals surface area contributed by atoms with E-state index >= 15 is 4.39 Å². The minimum absolute atomic E-state index is 0.187. The van der Waals surface area contributed by atoms with Gasteiger partial charge in [-0.3, -0.25) is 0 Å². The highest BCUT2D eigenvalue weighted by Gasteiger charge is 2.46. The van der Waals surface area contributed by atoms with Crippen molar-refractivity contribution in [3.05, 3.63) is 83.7 Å². The molecule has 1 saturated carbocycles. The lowest BCUT2D eigenvalue weighted by molar-refractivity contribution is -0.0292. The van der Waals surface area contributed by atoms with Gasteiger partial charge in [0, 0.05) is 23.5 Å². The van der Waals surface area contributed by atoms with Gasteiger partial charge in [0.2, 0.25) is 0 Å². The fourth-order valence-corrected chi connectivity index (χ4v) is 4.04. The smallest absolute Gasteiger partial charge is 0.130 e. The fraction of sp³-hybridized carbons (Fsp3) is 0.320. The quantitative estimate of drug-likeness (QED) is 0.659. The zero-order valence-electron chi connectivity index (χ0n) is 17.4. The lowest BCUT2D eigenvalue weighted by atomic mass is 9.68. The van der Waals surface area contributed by atoms with E-state index in [9.17, 15) is 10.4 Å². The van der Waals surface area contributed by atoms with Crippen molar-refractivity contribution in [2.75, 3.05) is 0 Å². The molecular weight excluding hydrogens is 377 g/mol. The molecule has 0 bridgehead atoms. The van der Waals surface area contributed by atoms with E-state index in [1.54, 1.807) is 6.07 Å². The molecule has 1 N–H and O–H groups in total. The van der Waals surface area contributed by atoms with Crippen molar-refractivity contribution in [3.8, 4) is 17.2 Å². The molecule has 0 saturated heterocycles. The zero-order valence-corrected chi connectivity index (χ0v) is 17.4. The van der Waals surface area contributed by atoms with Crippen LogP contribution in [0.4, 0.5) is 4.39 Å². The van der Waals surface area contributed by atoms with Crippen molar-refractivity contribution >= 4 is 0 Å². The van der Waals surface area contributed by atoms with Gasteiger partial charge in [-0.05, 0) is 41.0 Å². The molecule has 1 unspecified atom stereocenters. The number of nitriles is 1. The zero-order chi connectivity index (χ0) is 21.6. The topological polar surface area (TPSA) is 69.8 Å². The first kappa shape index (κ1) is 20.2. The highest BCUT2D eigenvalue weighted by molar-refractivity contribution is 5.65. The minimum Gasteiger partial charge on any atom is -0.380 e. The van der Waals surface area contributed by atoms with Gasteiger partial charge in [0.1, 0.15) is 17.7 Å². The summed E-state index contributed by atoms with van der Waals surface area (Å²) in [6.45, 7) is 5.57. The molecule has 1 heterocycles. The van der Waals surface area contributed by atoms with Crippen LogP contribution < -0.4 is 0 Å². The number of benzene rings is 2. The predicted octanol–water partition coefficient (Wildman–Crippen LogP) is 5.12. The molecule has 1 aliphatic rings. The van der Waals surface area contributed by atoms with E-state index in [0.717, 1.165) is 24.0 Å². The van der Waals surface area contributed by atoms with Crippen LogP contribution in [0, 0.1) is 22.6 Å². The predicted molar refractivity (Wildman–Crippen MR) is 113 cm³/mol. The summed E-state index contributed by atoms with van der Waals surface area (Å²) < 4.78 is 15.3. The maximum Gasteiger partial charge on any atom is 0.130 e. The van der Waals surface area contributed by atoms with Crippen molar-refractivity contribution in [2.24, 2.45) is 5.41 Å². The summed E-state index contributed by atoms with van der Waals surface area (Å²) in [4.78, 5) is 8.02. The molecule has 0 radical (unpaired) electrons. The van der Waals surface area contributed by atoms with Gasteiger partial charge in [0.05, 0.1) is 11.5 Å². The van der Waals surface area contributed by atoms with Crippen LogP contribution in [0.5, 0.6) is 0 Å². The molecule has 152 valence electrons. The second kappa shape index (κ2) is 7.00. The highest BCUT2D eigenvalue weighted by atomic mass is 19.1. The normalized spacial score (nSPS) is 17.1. The maximum atomic E-state index is 15.3. The molecule has 1 aliphatic carbocycles. The van der Waals surface area contributed by atoms with Gasteiger partial charge in [0.25, 0.3) is 0 Å². The first-order valence-corrected chi connectivity index (χ1v) is 10.0. The van der Waals surface area contributed by atoms with Crippen molar-refractivity contribution in [3.63, 3.8) is 0 Å². The Bertz CT molecular complexity index is 1110. The lowest BCUT2D eigenvalue weighted by Gasteiger charge is -2.41. The molecule has 30 heavy (non-hydrogen) atoms. The first-order valence-electron chi connectivity index (χ1n) is 10.0. The molecule has 0 spiro atoms. The van der Waals surface area contributed by atoms with Gasteiger partial charge in [-0.15, -0.1) is 0 Å². The van der Waals surface area contributed by atoms with Gasteiger partial charge in [-0.2, -0.15) is 5.26 Å².